The van der Waals surface area contributed by atoms with Gasteiger partial charge >= 0.3 is 0 Å². The fraction of sp³-hybridized carbons (Fsp3) is 0.250. The summed E-state index contributed by atoms with van der Waals surface area (Å²) in [5.74, 6) is 0. The largest absolute Gasteiger partial charge is 0.228 e. The van der Waals surface area contributed by atoms with Crippen molar-refractivity contribution in [2.24, 2.45) is 0 Å². The van der Waals surface area contributed by atoms with Crippen LogP contribution in [0.15, 0.2) is 30.3 Å². The molecule has 0 aliphatic carbocycles. The molecule has 66 valence electrons. The predicted molar refractivity (Wildman–Crippen MR) is 53.0 cm³/mol. The highest BCUT2D eigenvalue weighted by molar-refractivity contribution is 9.10. The molecular weight excluding hydrogens is 240 g/mol. The Hall–Kier alpha value is -0.350. The van der Waals surface area contributed by atoms with Crippen molar-refractivity contribution in [3.63, 3.8) is 0 Å². The summed E-state index contributed by atoms with van der Waals surface area (Å²) < 4.78 is 21.6. The molecule has 0 fully saturated rings. The third-order valence-corrected chi connectivity index (χ3v) is 5.03. The lowest BCUT2D eigenvalue weighted by atomic mass is 10.2. The van der Waals surface area contributed by atoms with Gasteiger partial charge in [-0.1, -0.05) is 46.3 Å². The van der Waals surface area contributed by atoms with Gasteiger partial charge in [0.15, 0.2) is 9.84 Å². The van der Waals surface area contributed by atoms with Crippen molar-refractivity contribution >= 4 is 25.8 Å². The van der Waals surface area contributed by atoms with Crippen LogP contribution in [0.5, 0.6) is 0 Å². The van der Waals surface area contributed by atoms with E-state index in [0.29, 0.717) is 0 Å². The molecule has 0 spiro atoms. The molecule has 1 atom stereocenters. The molecule has 0 saturated heterocycles. The van der Waals surface area contributed by atoms with E-state index in [-0.39, 0.29) is 0 Å². The van der Waals surface area contributed by atoms with Gasteiger partial charge in [0.2, 0.25) is 0 Å². The molecule has 0 heterocycles. The lowest BCUT2D eigenvalue weighted by molar-refractivity contribution is 0.600. The Morgan fingerprint density at radius 3 is 2.17 bits per heavy atom. The van der Waals surface area contributed by atoms with Crippen molar-refractivity contribution < 1.29 is 8.42 Å². The van der Waals surface area contributed by atoms with E-state index in [1.165, 1.54) is 6.26 Å². The average Bonchev–Trinajstić information content (AvgIpc) is 2.03. The molecule has 1 aromatic rings. The fourth-order valence-electron chi connectivity index (χ4n) is 0.852. The Balaban J connectivity index is 3.02. The number of halogens is 1. The molecule has 0 N–H and O–H groups in total. The van der Waals surface area contributed by atoms with Gasteiger partial charge in [-0.15, -0.1) is 0 Å². The SMILES string of the molecule is CS(=O)(=O)C(Br)c1ccccc1. The summed E-state index contributed by atoms with van der Waals surface area (Å²) in [6.45, 7) is 0. The summed E-state index contributed by atoms with van der Waals surface area (Å²) in [4.78, 5) is 0. The third kappa shape index (κ3) is 2.32. The molecule has 0 aromatic heterocycles. The number of benzene rings is 1. The molecule has 1 aromatic carbocycles. The van der Waals surface area contributed by atoms with E-state index in [9.17, 15) is 8.42 Å². The van der Waals surface area contributed by atoms with Crippen LogP contribution in [0.4, 0.5) is 0 Å². The van der Waals surface area contributed by atoms with Gasteiger partial charge in [-0.05, 0) is 5.56 Å². The molecule has 2 nitrogen and oxygen atoms in total. The Morgan fingerprint density at radius 1 is 1.25 bits per heavy atom. The topological polar surface area (TPSA) is 34.1 Å². The van der Waals surface area contributed by atoms with E-state index in [2.05, 4.69) is 15.9 Å². The number of hydrogen-bond donors (Lipinski definition) is 0. The molecule has 4 heteroatoms. The van der Waals surface area contributed by atoms with Gasteiger partial charge in [-0.25, -0.2) is 8.42 Å². The summed E-state index contributed by atoms with van der Waals surface area (Å²) in [6.07, 6.45) is 1.21. The second kappa shape index (κ2) is 3.58. The molecule has 0 aliphatic heterocycles. The summed E-state index contributed by atoms with van der Waals surface area (Å²) >= 11 is 3.12. The van der Waals surface area contributed by atoms with Crippen molar-refractivity contribution in [2.75, 3.05) is 6.26 Å². The quantitative estimate of drug-likeness (QED) is 0.752. The summed E-state index contributed by atoms with van der Waals surface area (Å²) in [5.41, 5.74) is 0.764. The zero-order valence-corrected chi connectivity index (χ0v) is 8.97. The van der Waals surface area contributed by atoms with Crippen molar-refractivity contribution in [3.8, 4) is 0 Å². The first kappa shape index (κ1) is 9.74. The van der Waals surface area contributed by atoms with E-state index < -0.39 is 14.0 Å². The van der Waals surface area contributed by atoms with E-state index in [0.717, 1.165) is 5.56 Å². The zero-order chi connectivity index (χ0) is 9.19. The van der Waals surface area contributed by atoms with Crippen molar-refractivity contribution in [1.82, 2.24) is 0 Å². The van der Waals surface area contributed by atoms with Crippen LogP contribution >= 0.6 is 15.9 Å². The molecule has 0 bridgehead atoms. The van der Waals surface area contributed by atoms with Crippen LogP contribution in [0.25, 0.3) is 0 Å². The molecule has 12 heavy (non-hydrogen) atoms. The minimum absolute atomic E-state index is 0.591. The van der Waals surface area contributed by atoms with Crippen LogP contribution in [0.3, 0.4) is 0 Å². The Morgan fingerprint density at radius 2 is 1.75 bits per heavy atom. The standard InChI is InChI=1S/C8H9BrO2S/c1-12(10,11)8(9)7-5-3-2-4-6-7/h2-6,8H,1H3. The predicted octanol–water partition coefficient (Wildman–Crippen LogP) is 2.12. The Kier molecular flexibility index (Phi) is 2.90. The highest BCUT2D eigenvalue weighted by Crippen LogP contribution is 2.27. The summed E-state index contributed by atoms with van der Waals surface area (Å²) in [7, 11) is -3.04. The van der Waals surface area contributed by atoms with E-state index in [4.69, 9.17) is 0 Å². The van der Waals surface area contributed by atoms with Crippen LogP contribution in [-0.4, -0.2) is 14.7 Å². The molecule has 1 rings (SSSR count). The summed E-state index contributed by atoms with van der Waals surface area (Å²) in [6, 6.07) is 9.04. The van der Waals surface area contributed by atoms with Crippen molar-refractivity contribution in [3.05, 3.63) is 35.9 Å². The van der Waals surface area contributed by atoms with Crippen LogP contribution < -0.4 is 0 Å². The number of hydrogen-bond acceptors (Lipinski definition) is 2. The van der Waals surface area contributed by atoms with Gasteiger partial charge in [-0.3, -0.25) is 0 Å². The molecule has 1 unspecified atom stereocenters. The average molecular weight is 249 g/mol. The van der Waals surface area contributed by atoms with E-state index >= 15 is 0 Å². The minimum Gasteiger partial charge on any atom is -0.228 e. The highest BCUT2D eigenvalue weighted by Gasteiger charge is 2.17. The zero-order valence-electron chi connectivity index (χ0n) is 6.57. The van der Waals surface area contributed by atoms with Crippen molar-refractivity contribution in [1.29, 1.82) is 0 Å². The second-order valence-electron chi connectivity index (χ2n) is 2.56. The number of sulfone groups is 1. The van der Waals surface area contributed by atoms with Gasteiger partial charge in [-0.2, -0.15) is 0 Å². The maximum absolute atomic E-state index is 11.1. The molecular formula is C8H9BrO2S. The molecule has 0 amide bonds. The summed E-state index contributed by atoms with van der Waals surface area (Å²) in [5, 5.41) is 0. The smallest absolute Gasteiger partial charge is 0.164 e. The van der Waals surface area contributed by atoms with Gasteiger partial charge < -0.3 is 0 Å². The first-order valence-corrected chi connectivity index (χ1v) is 6.27. The molecule has 0 aliphatic rings. The lowest BCUT2D eigenvalue weighted by Gasteiger charge is -2.06. The second-order valence-corrected chi connectivity index (χ2v) is 6.21. The molecule has 0 saturated carbocycles. The van der Waals surface area contributed by atoms with Gasteiger partial charge in [0.25, 0.3) is 0 Å². The maximum atomic E-state index is 11.1. The van der Waals surface area contributed by atoms with Crippen LogP contribution in [0, 0.1) is 0 Å². The number of alkyl halides is 1. The van der Waals surface area contributed by atoms with E-state index in [1.807, 2.05) is 18.2 Å². The third-order valence-electron chi connectivity index (χ3n) is 1.44. The minimum atomic E-state index is -3.04. The lowest BCUT2D eigenvalue weighted by Crippen LogP contribution is -2.04. The van der Waals surface area contributed by atoms with Crippen LogP contribution in [-0.2, 0) is 9.84 Å². The van der Waals surface area contributed by atoms with Gasteiger partial charge in [0.1, 0.15) is 4.16 Å². The van der Waals surface area contributed by atoms with Gasteiger partial charge in [0, 0.05) is 6.26 Å². The fourth-order valence-corrected chi connectivity index (χ4v) is 1.81. The molecule has 0 radical (unpaired) electrons. The van der Waals surface area contributed by atoms with Crippen LogP contribution in [0.1, 0.15) is 9.72 Å². The monoisotopic (exact) mass is 248 g/mol. The van der Waals surface area contributed by atoms with Crippen molar-refractivity contribution in [2.45, 2.75) is 4.16 Å². The first-order valence-electron chi connectivity index (χ1n) is 3.39. The Bertz CT molecular complexity index is 345. The first-order chi connectivity index (χ1) is 5.52. The number of rotatable bonds is 2. The van der Waals surface area contributed by atoms with Gasteiger partial charge in [0.05, 0.1) is 0 Å². The highest BCUT2D eigenvalue weighted by atomic mass is 79.9. The van der Waals surface area contributed by atoms with E-state index in [1.54, 1.807) is 12.1 Å². The maximum Gasteiger partial charge on any atom is 0.164 e. The normalized spacial score (nSPS) is 14.2. The van der Waals surface area contributed by atoms with Crippen LogP contribution in [0.2, 0.25) is 0 Å². The Labute approximate surface area is 80.7 Å².